The second kappa shape index (κ2) is 23.2. The van der Waals surface area contributed by atoms with Crippen molar-refractivity contribution in [1.29, 1.82) is 0 Å². The van der Waals surface area contributed by atoms with Gasteiger partial charge in [-0.1, -0.05) is 72.8 Å². The molecule has 2 atom stereocenters. The Labute approximate surface area is 346 Å². The molecule has 300 valence electrons. The van der Waals surface area contributed by atoms with Crippen LogP contribution in [0.4, 0.5) is 10.1 Å². The lowest BCUT2D eigenvalue weighted by Gasteiger charge is -2.15. The Morgan fingerprint density at radius 3 is 1.67 bits per heavy atom. The van der Waals surface area contributed by atoms with Crippen molar-refractivity contribution in [2.24, 2.45) is 0 Å². The summed E-state index contributed by atoms with van der Waals surface area (Å²) in [6.07, 6.45) is 1.75. The number of amides is 2. The molecule has 2 N–H and O–H groups in total. The first kappa shape index (κ1) is 44.6. The van der Waals surface area contributed by atoms with Crippen molar-refractivity contribution in [3.8, 4) is 0 Å². The highest BCUT2D eigenvalue weighted by Gasteiger charge is 2.20. The summed E-state index contributed by atoms with van der Waals surface area (Å²) in [5.41, 5.74) is 8.49. The summed E-state index contributed by atoms with van der Waals surface area (Å²) < 4.78 is 16.9. The maximum atomic E-state index is 14.3. The quantitative estimate of drug-likeness (QED) is 0.127. The fraction of sp³-hybridized carbons (Fsp3) is 0.200. The lowest BCUT2D eigenvalue weighted by Crippen LogP contribution is -2.39. The highest BCUT2D eigenvalue weighted by Crippen LogP contribution is 2.22. The molecule has 58 heavy (non-hydrogen) atoms. The number of nitrogens with zero attached hydrogens (tertiary/aromatic N) is 4. The Hall–Kier alpha value is -6.15. The Kier molecular flexibility index (Phi) is 17.8. The molecule has 5 aromatic carbocycles. The van der Waals surface area contributed by atoms with Crippen molar-refractivity contribution >= 4 is 73.2 Å². The number of carbonyl (C=O) groups excluding carboxylic acids is 4. The lowest BCUT2D eigenvalue weighted by molar-refractivity contribution is -0.110. The number of hydrogen-bond acceptors (Lipinski definition) is 10. The number of halogens is 1. The number of anilines is 1. The molecule has 0 saturated carbocycles. The van der Waals surface area contributed by atoms with Crippen LogP contribution in [0.3, 0.4) is 0 Å². The normalized spacial score (nSPS) is 11.4. The number of aromatic nitrogens is 2. The maximum absolute atomic E-state index is 14.3. The van der Waals surface area contributed by atoms with E-state index in [1.165, 1.54) is 21.2 Å². The summed E-state index contributed by atoms with van der Waals surface area (Å²) in [6.45, 7) is 0. The molecule has 0 aliphatic rings. The zero-order chi connectivity index (χ0) is 41.9. The van der Waals surface area contributed by atoms with E-state index in [-0.39, 0.29) is 17.5 Å². The van der Waals surface area contributed by atoms with Gasteiger partial charge in [0, 0.05) is 25.3 Å². The van der Waals surface area contributed by atoms with Gasteiger partial charge in [-0.05, 0) is 93.6 Å². The first-order valence-electron chi connectivity index (χ1n) is 18.3. The molecule has 0 spiro atoms. The topological polar surface area (TPSA) is 125 Å². The molecule has 2 amide bonds. The summed E-state index contributed by atoms with van der Waals surface area (Å²) in [5.74, 6) is -2.26. The molecule has 7 rings (SSSR count). The number of aldehydes is 2. The maximum Gasteiger partial charge on any atom is 0.254 e. The predicted molar refractivity (Wildman–Crippen MR) is 235 cm³/mol. The van der Waals surface area contributed by atoms with E-state index >= 15 is 0 Å². The van der Waals surface area contributed by atoms with Crippen molar-refractivity contribution in [3.63, 3.8) is 0 Å². The van der Waals surface area contributed by atoms with Gasteiger partial charge in [0.1, 0.15) is 18.4 Å². The molecular weight excluding hydrogens is 772 g/mol. The summed E-state index contributed by atoms with van der Waals surface area (Å²) in [5, 5.41) is 5.07. The summed E-state index contributed by atoms with van der Waals surface area (Å²) in [6, 6.07) is 34.4. The van der Waals surface area contributed by atoms with Gasteiger partial charge in [0.05, 0.1) is 49.1 Å². The molecule has 2 heterocycles. The molecule has 1 unspecified atom stereocenters. The standard InChI is InChI=1S/C26H23FN2O4.C9H10N2S.C7H5NS.C3H9N/c27-24-12-11-20(25(32)28-21(16-30)13-18-7-3-1-4-8-18)15-23(24)26(33)29-22(17-31)14-19-9-5-2-6-10-19;1-11(2)7-3-4-9-8(5-7)10-6-12-9;1-2-4-7-6(3-1)8-5-9-7;1-4(2)3/h1-12,15-17,21-22H,13-14H2,(H,28,32)(H,29,33);3-6H,1-2H3;1-5H;1-3H3/t21-,22?;;;/m0.../s1. The molecule has 10 nitrogen and oxygen atoms in total. The number of fused-ring (bicyclic) bond motifs is 2. The zero-order valence-electron chi connectivity index (χ0n) is 33.0. The largest absolute Gasteiger partial charge is 0.378 e. The van der Waals surface area contributed by atoms with Crippen LogP contribution in [-0.2, 0) is 22.4 Å². The van der Waals surface area contributed by atoms with Gasteiger partial charge in [0.2, 0.25) is 0 Å². The Bertz CT molecular complexity index is 2320. The van der Waals surface area contributed by atoms with Crippen LogP contribution in [0, 0.1) is 5.82 Å². The van der Waals surface area contributed by atoms with E-state index in [0.717, 1.165) is 34.3 Å². The van der Waals surface area contributed by atoms with Gasteiger partial charge < -0.3 is 30.0 Å². The average molecular weight is 819 g/mol. The minimum atomic E-state index is -0.859. The molecule has 0 saturated heterocycles. The van der Waals surface area contributed by atoms with E-state index in [2.05, 4.69) is 49.8 Å². The summed E-state index contributed by atoms with van der Waals surface area (Å²) in [4.78, 5) is 60.6. The van der Waals surface area contributed by atoms with Crippen LogP contribution in [0.2, 0.25) is 0 Å². The van der Waals surface area contributed by atoms with E-state index in [1.54, 1.807) is 22.7 Å². The second-order valence-electron chi connectivity index (χ2n) is 13.6. The van der Waals surface area contributed by atoms with Gasteiger partial charge in [-0.25, -0.2) is 14.4 Å². The lowest BCUT2D eigenvalue weighted by atomic mass is 10.0. The number of carbonyl (C=O) groups is 4. The van der Waals surface area contributed by atoms with E-state index in [4.69, 9.17) is 0 Å². The van der Waals surface area contributed by atoms with Crippen LogP contribution in [0.5, 0.6) is 0 Å². The molecule has 7 aromatic rings. The minimum absolute atomic E-state index is 0.0205. The smallest absolute Gasteiger partial charge is 0.254 e. The fourth-order valence-corrected chi connectivity index (χ4v) is 6.61. The van der Waals surface area contributed by atoms with Crippen molar-refractivity contribution in [2.45, 2.75) is 24.9 Å². The summed E-state index contributed by atoms with van der Waals surface area (Å²) >= 11 is 3.35. The van der Waals surface area contributed by atoms with Crippen LogP contribution < -0.4 is 15.5 Å². The van der Waals surface area contributed by atoms with Gasteiger partial charge in [-0.2, -0.15) is 0 Å². The Morgan fingerprint density at radius 1 is 0.638 bits per heavy atom. The minimum Gasteiger partial charge on any atom is -0.378 e. The van der Waals surface area contributed by atoms with Crippen molar-refractivity contribution in [1.82, 2.24) is 25.5 Å². The molecule has 0 bridgehead atoms. The SMILES string of the molecule is CN(C)C.CN(C)c1ccc2scnc2c1.O=CC(Cc1ccccc1)NC(=O)c1cc(C(=O)N[C@H](C=O)Cc2ccccc2)ccc1F.c1ccc2scnc2c1. The van der Waals surface area contributed by atoms with Crippen LogP contribution in [0.25, 0.3) is 20.4 Å². The van der Waals surface area contributed by atoms with Crippen molar-refractivity contribution in [2.75, 3.05) is 40.1 Å². The van der Waals surface area contributed by atoms with Crippen LogP contribution >= 0.6 is 22.7 Å². The van der Waals surface area contributed by atoms with Crippen molar-refractivity contribution < 1.29 is 23.6 Å². The van der Waals surface area contributed by atoms with Crippen LogP contribution in [0.15, 0.2) is 132 Å². The number of hydrogen-bond donors (Lipinski definition) is 2. The molecule has 13 heteroatoms. The zero-order valence-corrected chi connectivity index (χ0v) is 34.7. The van der Waals surface area contributed by atoms with Gasteiger partial charge >= 0.3 is 0 Å². The number of thiazole rings is 2. The molecule has 0 aliphatic carbocycles. The molecule has 2 aromatic heterocycles. The third-order valence-corrected chi connectivity index (χ3v) is 9.72. The highest BCUT2D eigenvalue weighted by atomic mass is 32.1. The van der Waals surface area contributed by atoms with E-state index in [9.17, 15) is 23.6 Å². The highest BCUT2D eigenvalue weighted by molar-refractivity contribution is 7.17. The number of benzene rings is 5. The van der Waals surface area contributed by atoms with E-state index < -0.39 is 29.7 Å². The van der Waals surface area contributed by atoms with Gasteiger partial charge in [-0.3, -0.25) is 9.59 Å². The van der Waals surface area contributed by atoms with Crippen LogP contribution in [0.1, 0.15) is 31.8 Å². The van der Waals surface area contributed by atoms with Gasteiger partial charge in [-0.15, -0.1) is 22.7 Å². The molecular formula is C45H47FN6O4S2. The third-order valence-electron chi connectivity index (χ3n) is 8.10. The first-order chi connectivity index (χ1) is 28.0. The first-order valence-corrected chi connectivity index (χ1v) is 20.0. The Morgan fingerprint density at radius 2 is 1.14 bits per heavy atom. The molecule has 0 fully saturated rings. The Balaban J connectivity index is 0.000000237. The molecule has 0 radical (unpaired) electrons. The fourth-order valence-electron chi connectivity index (χ4n) is 5.27. The number of nitrogens with one attached hydrogen (secondary N) is 2. The van der Waals surface area contributed by atoms with Gasteiger partial charge in [0.25, 0.3) is 11.8 Å². The van der Waals surface area contributed by atoms with Crippen LogP contribution in [-0.4, -0.2) is 86.6 Å². The average Bonchev–Trinajstić information content (AvgIpc) is 3.91. The monoisotopic (exact) mass is 818 g/mol. The molecule has 0 aliphatic heterocycles. The van der Waals surface area contributed by atoms with E-state index in [1.807, 2.05) is 130 Å². The third kappa shape index (κ3) is 14.4. The van der Waals surface area contributed by atoms with Gasteiger partial charge in [0.15, 0.2) is 0 Å². The van der Waals surface area contributed by atoms with E-state index in [0.29, 0.717) is 19.0 Å². The number of rotatable bonds is 11. The summed E-state index contributed by atoms with van der Waals surface area (Å²) in [7, 11) is 10.1. The number of para-hydroxylation sites is 1. The predicted octanol–water partition coefficient (Wildman–Crippen LogP) is 7.74. The second-order valence-corrected chi connectivity index (χ2v) is 15.3. The van der Waals surface area contributed by atoms with Crippen molar-refractivity contribution in [3.05, 3.63) is 160 Å².